The quantitative estimate of drug-likeness (QED) is 0.157. The normalized spacial score (nSPS) is 16.3. The second-order valence-corrected chi connectivity index (χ2v) is 10.6. The van der Waals surface area contributed by atoms with Crippen LogP contribution in [0.1, 0.15) is 70.1 Å². The van der Waals surface area contributed by atoms with Crippen molar-refractivity contribution in [1.82, 2.24) is 15.4 Å². The molecule has 8 heteroatoms. The molecule has 0 bridgehead atoms. The van der Waals surface area contributed by atoms with Crippen LogP contribution in [0.4, 0.5) is 0 Å². The monoisotopic (exact) mass is 539 g/mol. The van der Waals surface area contributed by atoms with Crippen molar-refractivity contribution in [2.45, 2.75) is 72.4 Å². The Bertz CT molecular complexity index is 1400. The minimum absolute atomic E-state index is 0.154. The molecule has 40 heavy (non-hydrogen) atoms. The van der Waals surface area contributed by atoms with E-state index in [-0.39, 0.29) is 17.7 Å². The maximum atomic E-state index is 13.5. The number of amides is 1. The van der Waals surface area contributed by atoms with Gasteiger partial charge in [-0.1, -0.05) is 70.9 Å². The average molecular weight is 540 g/mol. The fourth-order valence-corrected chi connectivity index (χ4v) is 5.52. The molecule has 0 unspecified atom stereocenters. The number of hydrazone groups is 1. The molecule has 1 spiro atoms. The first-order valence-electron chi connectivity index (χ1n) is 14.2. The Morgan fingerprint density at radius 3 is 2.35 bits per heavy atom. The standard InChI is InChI=1S/C30H35N7O.C2H6/c1-19(2)28-34-30(13-4-5-14-30)29(38)37(28)18-21-6-8-22(9-7-21)25-17-23(26-16-20(3)12-15-33-26)10-11-24(25)27(31)35-36-32;1-2/h6-12,15-17,19,36H,4-5,13-14,18,32H2,1-3H3,(H2,31,35);1-2H3. The molecular weight excluding hydrogens is 498 g/mol. The average Bonchev–Trinajstić information content (AvgIpc) is 3.55. The van der Waals surface area contributed by atoms with E-state index in [4.69, 9.17) is 16.6 Å². The molecule has 2 heterocycles. The first-order valence-corrected chi connectivity index (χ1v) is 14.2. The number of nitrogens with zero attached hydrogens (tertiary/aromatic N) is 4. The molecule has 3 aromatic rings. The van der Waals surface area contributed by atoms with Gasteiger partial charge < -0.3 is 5.73 Å². The van der Waals surface area contributed by atoms with E-state index in [1.165, 1.54) is 0 Å². The Morgan fingerprint density at radius 1 is 1.05 bits per heavy atom. The lowest BCUT2D eigenvalue weighted by molar-refractivity contribution is -0.131. The first kappa shape index (κ1) is 29.0. The van der Waals surface area contributed by atoms with Gasteiger partial charge in [-0.05, 0) is 66.3 Å². The molecule has 1 aromatic heterocycles. The van der Waals surface area contributed by atoms with Gasteiger partial charge >= 0.3 is 0 Å². The van der Waals surface area contributed by atoms with Crippen LogP contribution in [0.3, 0.4) is 0 Å². The number of pyridine rings is 1. The molecule has 0 radical (unpaired) electrons. The van der Waals surface area contributed by atoms with Gasteiger partial charge in [-0.2, -0.15) is 0 Å². The Morgan fingerprint density at radius 2 is 1.73 bits per heavy atom. The molecule has 1 fully saturated rings. The second kappa shape index (κ2) is 12.4. The summed E-state index contributed by atoms with van der Waals surface area (Å²) in [4.78, 5) is 24.9. The number of nitrogens with two attached hydrogens (primary N) is 2. The molecular formula is C32H41N7O. The SMILES string of the molecule is CC.Cc1ccnc(-c2ccc(/C(N)=N/NN)c(-c3ccc(CN4C(=O)C5(CCCC5)N=C4C(C)C)cc3)c2)c1. The van der Waals surface area contributed by atoms with Crippen LogP contribution in [0.2, 0.25) is 0 Å². The lowest BCUT2D eigenvalue weighted by Crippen LogP contribution is -2.41. The van der Waals surface area contributed by atoms with Crippen molar-refractivity contribution in [1.29, 1.82) is 0 Å². The predicted octanol–water partition coefficient (Wildman–Crippen LogP) is 5.54. The van der Waals surface area contributed by atoms with Gasteiger partial charge in [0.05, 0.1) is 12.2 Å². The number of carbonyl (C=O) groups excluding carboxylic acids is 1. The number of hydrogen-bond acceptors (Lipinski definition) is 6. The highest BCUT2D eigenvalue weighted by atomic mass is 16.2. The summed E-state index contributed by atoms with van der Waals surface area (Å²) < 4.78 is 0. The molecule has 8 nitrogen and oxygen atoms in total. The summed E-state index contributed by atoms with van der Waals surface area (Å²) >= 11 is 0. The van der Waals surface area contributed by atoms with Crippen molar-refractivity contribution in [3.63, 3.8) is 0 Å². The Kier molecular flexibility index (Phi) is 9.00. The van der Waals surface area contributed by atoms with Crippen LogP contribution in [0.25, 0.3) is 22.4 Å². The molecule has 2 aliphatic rings. The highest BCUT2D eigenvalue weighted by molar-refractivity contribution is 6.09. The van der Waals surface area contributed by atoms with Crippen molar-refractivity contribution in [2.75, 3.05) is 0 Å². The fraction of sp³-hybridized carbons (Fsp3) is 0.375. The van der Waals surface area contributed by atoms with Gasteiger partial charge in [0, 0.05) is 23.2 Å². The van der Waals surface area contributed by atoms with Gasteiger partial charge in [0.15, 0.2) is 5.84 Å². The van der Waals surface area contributed by atoms with Crippen molar-refractivity contribution in [3.05, 3.63) is 77.5 Å². The number of benzene rings is 2. The van der Waals surface area contributed by atoms with Crippen molar-refractivity contribution in [2.24, 2.45) is 27.6 Å². The third-order valence-corrected chi connectivity index (χ3v) is 7.49. The van der Waals surface area contributed by atoms with Crippen LogP contribution in [-0.4, -0.2) is 33.0 Å². The fourth-order valence-electron chi connectivity index (χ4n) is 5.52. The summed E-state index contributed by atoms with van der Waals surface area (Å²) in [6.45, 7) is 10.8. The van der Waals surface area contributed by atoms with Crippen molar-refractivity contribution in [3.8, 4) is 22.4 Å². The summed E-state index contributed by atoms with van der Waals surface area (Å²) in [6.07, 6.45) is 5.65. The highest BCUT2D eigenvalue weighted by Gasteiger charge is 2.49. The molecule has 210 valence electrons. The van der Waals surface area contributed by atoms with E-state index in [0.717, 1.165) is 70.6 Å². The van der Waals surface area contributed by atoms with Crippen LogP contribution >= 0.6 is 0 Å². The maximum absolute atomic E-state index is 13.5. The number of rotatable bonds is 7. The van der Waals surface area contributed by atoms with Gasteiger partial charge in [-0.3, -0.25) is 19.7 Å². The minimum Gasteiger partial charge on any atom is -0.382 e. The van der Waals surface area contributed by atoms with Gasteiger partial charge in [0.25, 0.3) is 5.91 Å². The summed E-state index contributed by atoms with van der Waals surface area (Å²) in [7, 11) is 0. The topological polar surface area (TPSA) is 122 Å². The number of aliphatic imine (C=N–C) groups is 1. The number of hydrazine groups is 1. The van der Waals surface area contributed by atoms with E-state index in [1.54, 1.807) is 0 Å². The second-order valence-electron chi connectivity index (χ2n) is 10.6. The van der Waals surface area contributed by atoms with Crippen molar-refractivity contribution < 1.29 is 4.79 Å². The van der Waals surface area contributed by atoms with E-state index in [9.17, 15) is 4.79 Å². The maximum Gasteiger partial charge on any atom is 0.256 e. The number of carbonyl (C=O) groups is 1. The molecule has 0 atom stereocenters. The van der Waals surface area contributed by atoms with Gasteiger partial charge in [0.2, 0.25) is 0 Å². The van der Waals surface area contributed by atoms with Crippen LogP contribution in [0.15, 0.2) is 70.9 Å². The Hall–Kier alpha value is -4.04. The number of nitrogens with one attached hydrogen (secondary N) is 1. The minimum atomic E-state index is -0.535. The van der Waals surface area contributed by atoms with Crippen LogP contribution in [0.5, 0.6) is 0 Å². The summed E-state index contributed by atoms with van der Waals surface area (Å²) in [6, 6.07) is 18.3. The summed E-state index contributed by atoms with van der Waals surface area (Å²) in [5.41, 5.74) is 14.7. The van der Waals surface area contributed by atoms with E-state index in [0.29, 0.717) is 6.54 Å². The van der Waals surface area contributed by atoms with E-state index in [2.05, 4.69) is 65.9 Å². The lowest BCUT2D eigenvalue weighted by Gasteiger charge is -2.24. The third kappa shape index (κ3) is 5.77. The smallest absolute Gasteiger partial charge is 0.256 e. The Balaban J connectivity index is 0.00000181. The molecule has 1 amide bonds. The number of hydrogen-bond donors (Lipinski definition) is 3. The van der Waals surface area contributed by atoms with Crippen LogP contribution in [-0.2, 0) is 11.3 Å². The highest BCUT2D eigenvalue weighted by Crippen LogP contribution is 2.40. The molecule has 2 aromatic carbocycles. The molecule has 1 saturated carbocycles. The number of aryl methyl sites for hydroxylation is 1. The van der Waals surface area contributed by atoms with Crippen LogP contribution < -0.4 is 17.1 Å². The number of amidine groups is 2. The van der Waals surface area contributed by atoms with Gasteiger partial charge in [0.1, 0.15) is 11.4 Å². The van der Waals surface area contributed by atoms with E-state index >= 15 is 0 Å². The van der Waals surface area contributed by atoms with Gasteiger partial charge in [-0.25, -0.2) is 11.4 Å². The zero-order valence-corrected chi connectivity index (χ0v) is 24.2. The van der Waals surface area contributed by atoms with Crippen LogP contribution in [0, 0.1) is 12.8 Å². The lowest BCUT2D eigenvalue weighted by atomic mass is 9.94. The largest absolute Gasteiger partial charge is 0.382 e. The van der Waals surface area contributed by atoms with E-state index in [1.807, 2.05) is 50.1 Å². The molecule has 0 saturated heterocycles. The predicted molar refractivity (Wildman–Crippen MR) is 163 cm³/mol. The summed E-state index contributed by atoms with van der Waals surface area (Å²) in [5.74, 6) is 6.95. The molecule has 5 rings (SSSR count). The number of aromatic nitrogens is 1. The van der Waals surface area contributed by atoms with Gasteiger partial charge in [-0.15, -0.1) is 5.10 Å². The van der Waals surface area contributed by atoms with Crippen molar-refractivity contribution >= 4 is 17.6 Å². The van der Waals surface area contributed by atoms with E-state index < -0.39 is 5.54 Å². The zero-order chi connectivity index (χ0) is 28.9. The Labute approximate surface area is 237 Å². The molecule has 1 aliphatic carbocycles. The third-order valence-electron chi connectivity index (χ3n) is 7.49. The first-order chi connectivity index (χ1) is 19.3. The summed E-state index contributed by atoms with van der Waals surface area (Å²) in [5, 5.41) is 4.00. The molecule has 5 N–H and O–H groups in total. The molecule has 1 aliphatic heterocycles. The zero-order valence-electron chi connectivity index (χ0n) is 24.2.